The predicted molar refractivity (Wildman–Crippen MR) is 113 cm³/mol. The highest BCUT2D eigenvalue weighted by Gasteiger charge is 2.15. The maximum absolute atomic E-state index is 6.23. The molecule has 1 heterocycles. The highest BCUT2D eigenvalue weighted by Crippen LogP contribution is 2.32. The van der Waals surface area contributed by atoms with Crippen molar-refractivity contribution in [1.82, 2.24) is 9.55 Å². The SMILES string of the molecule is Clc1ccc2c(c1)nc(-c1cccc3ccccc13)n2Cc1ccccc1. The van der Waals surface area contributed by atoms with E-state index in [1.807, 2.05) is 18.2 Å². The van der Waals surface area contributed by atoms with Gasteiger partial charge in [-0.3, -0.25) is 0 Å². The molecule has 0 aliphatic rings. The molecule has 1 aromatic heterocycles. The minimum atomic E-state index is 0.705. The van der Waals surface area contributed by atoms with Crippen molar-refractivity contribution in [1.29, 1.82) is 0 Å². The second-order valence-corrected chi connectivity index (χ2v) is 7.10. The Morgan fingerprint density at radius 2 is 1.56 bits per heavy atom. The Kier molecular flexibility index (Phi) is 3.92. The van der Waals surface area contributed by atoms with E-state index in [0.29, 0.717) is 5.02 Å². The van der Waals surface area contributed by atoms with Crippen LogP contribution in [0.25, 0.3) is 33.2 Å². The maximum Gasteiger partial charge on any atom is 0.142 e. The first-order valence-corrected chi connectivity index (χ1v) is 9.35. The van der Waals surface area contributed by atoms with Crippen molar-refractivity contribution >= 4 is 33.4 Å². The molecule has 0 saturated heterocycles. The van der Waals surface area contributed by atoms with Gasteiger partial charge >= 0.3 is 0 Å². The molecule has 0 spiro atoms. The summed E-state index contributed by atoms with van der Waals surface area (Å²) < 4.78 is 2.28. The molecule has 0 atom stereocenters. The Labute approximate surface area is 162 Å². The molecule has 0 bridgehead atoms. The first-order valence-electron chi connectivity index (χ1n) is 8.97. The highest BCUT2D eigenvalue weighted by molar-refractivity contribution is 6.31. The van der Waals surface area contributed by atoms with E-state index in [2.05, 4.69) is 77.4 Å². The summed E-state index contributed by atoms with van der Waals surface area (Å²) in [6.07, 6.45) is 0. The van der Waals surface area contributed by atoms with Crippen molar-refractivity contribution in [3.05, 3.63) is 102 Å². The van der Waals surface area contributed by atoms with E-state index in [0.717, 1.165) is 29.0 Å². The normalized spacial score (nSPS) is 11.3. The Morgan fingerprint density at radius 1 is 0.778 bits per heavy atom. The Morgan fingerprint density at radius 3 is 2.44 bits per heavy atom. The fraction of sp³-hybridized carbons (Fsp3) is 0.0417. The third-order valence-electron chi connectivity index (χ3n) is 4.92. The van der Waals surface area contributed by atoms with Gasteiger partial charge in [0.2, 0.25) is 0 Å². The van der Waals surface area contributed by atoms with Crippen molar-refractivity contribution in [3.8, 4) is 11.4 Å². The van der Waals surface area contributed by atoms with Crippen molar-refractivity contribution < 1.29 is 0 Å². The lowest BCUT2D eigenvalue weighted by atomic mass is 10.0. The van der Waals surface area contributed by atoms with Gasteiger partial charge in [-0.05, 0) is 34.5 Å². The average Bonchev–Trinajstić information content (AvgIpc) is 3.05. The summed E-state index contributed by atoms with van der Waals surface area (Å²) in [5.74, 6) is 0.966. The van der Waals surface area contributed by atoms with Crippen LogP contribution in [0, 0.1) is 0 Å². The van der Waals surface area contributed by atoms with E-state index in [4.69, 9.17) is 16.6 Å². The van der Waals surface area contributed by atoms with Crippen LogP contribution in [0.5, 0.6) is 0 Å². The quantitative estimate of drug-likeness (QED) is 0.352. The fourth-order valence-electron chi connectivity index (χ4n) is 3.65. The number of hydrogen-bond acceptors (Lipinski definition) is 1. The number of benzene rings is 4. The van der Waals surface area contributed by atoms with E-state index < -0.39 is 0 Å². The van der Waals surface area contributed by atoms with Gasteiger partial charge in [-0.15, -0.1) is 0 Å². The monoisotopic (exact) mass is 368 g/mol. The molecule has 4 aromatic carbocycles. The lowest BCUT2D eigenvalue weighted by Crippen LogP contribution is -2.02. The molecule has 0 amide bonds. The van der Waals surface area contributed by atoms with Gasteiger partial charge in [0.25, 0.3) is 0 Å². The van der Waals surface area contributed by atoms with Gasteiger partial charge in [-0.25, -0.2) is 4.98 Å². The number of halogens is 1. The molecular formula is C24H17ClN2. The second kappa shape index (κ2) is 6.57. The molecule has 5 aromatic rings. The van der Waals surface area contributed by atoms with Gasteiger partial charge in [0, 0.05) is 17.1 Å². The third kappa shape index (κ3) is 2.88. The molecule has 2 nitrogen and oxygen atoms in total. The molecule has 0 radical (unpaired) electrons. The zero-order valence-electron chi connectivity index (χ0n) is 14.6. The molecule has 0 unspecified atom stereocenters. The van der Waals surface area contributed by atoms with Crippen molar-refractivity contribution in [2.24, 2.45) is 0 Å². The third-order valence-corrected chi connectivity index (χ3v) is 5.16. The summed E-state index contributed by atoms with van der Waals surface area (Å²) in [5, 5.41) is 3.12. The average molecular weight is 369 g/mol. The largest absolute Gasteiger partial charge is 0.319 e. The number of fused-ring (bicyclic) bond motifs is 2. The summed E-state index contributed by atoms with van der Waals surface area (Å²) in [4.78, 5) is 4.97. The Balaban J connectivity index is 1.79. The lowest BCUT2D eigenvalue weighted by Gasteiger charge is -2.11. The van der Waals surface area contributed by atoms with E-state index in [-0.39, 0.29) is 0 Å². The highest BCUT2D eigenvalue weighted by atomic mass is 35.5. The predicted octanol–water partition coefficient (Wildman–Crippen LogP) is 6.56. The molecule has 0 N–H and O–H groups in total. The molecule has 0 fully saturated rings. The van der Waals surface area contributed by atoms with Crippen molar-refractivity contribution in [2.75, 3.05) is 0 Å². The van der Waals surface area contributed by atoms with Gasteiger partial charge in [0.1, 0.15) is 5.82 Å². The van der Waals surface area contributed by atoms with Crippen molar-refractivity contribution in [3.63, 3.8) is 0 Å². The molecule has 0 aliphatic carbocycles. The number of aromatic nitrogens is 2. The zero-order chi connectivity index (χ0) is 18.2. The number of imidazole rings is 1. The van der Waals surface area contributed by atoms with Crippen LogP contribution in [0.15, 0.2) is 91.0 Å². The minimum absolute atomic E-state index is 0.705. The standard InChI is InChI=1S/C24H17ClN2/c25-19-13-14-23-22(15-19)26-24(27(23)16-17-7-2-1-3-8-17)21-12-6-10-18-9-4-5-11-20(18)21/h1-15H,16H2. The molecule has 3 heteroatoms. The molecular weight excluding hydrogens is 352 g/mol. The van der Waals surface area contributed by atoms with Crippen LogP contribution in [-0.2, 0) is 6.54 Å². The number of rotatable bonds is 3. The van der Waals surface area contributed by atoms with E-state index in [9.17, 15) is 0 Å². The van der Waals surface area contributed by atoms with Gasteiger partial charge in [-0.2, -0.15) is 0 Å². The fourth-order valence-corrected chi connectivity index (χ4v) is 3.82. The van der Waals surface area contributed by atoms with Crippen LogP contribution in [0.4, 0.5) is 0 Å². The Hall–Kier alpha value is -3.10. The van der Waals surface area contributed by atoms with Crippen LogP contribution >= 0.6 is 11.6 Å². The number of nitrogens with zero attached hydrogens (tertiary/aromatic N) is 2. The first kappa shape index (κ1) is 16.1. The summed E-state index contributed by atoms with van der Waals surface area (Å²) in [6, 6.07) is 31.2. The van der Waals surface area contributed by atoms with Gasteiger partial charge < -0.3 is 4.57 Å². The van der Waals surface area contributed by atoms with Crippen LogP contribution in [0.3, 0.4) is 0 Å². The first-order chi connectivity index (χ1) is 13.3. The zero-order valence-corrected chi connectivity index (χ0v) is 15.4. The summed E-state index contributed by atoms with van der Waals surface area (Å²) in [7, 11) is 0. The van der Waals surface area contributed by atoms with Crippen LogP contribution in [0.2, 0.25) is 5.02 Å². The van der Waals surface area contributed by atoms with Gasteiger partial charge in [0.15, 0.2) is 0 Å². The van der Waals surface area contributed by atoms with Crippen LogP contribution in [-0.4, -0.2) is 9.55 Å². The van der Waals surface area contributed by atoms with Gasteiger partial charge in [0.05, 0.1) is 11.0 Å². The molecule has 130 valence electrons. The topological polar surface area (TPSA) is 17.8 Å². The van der Waals surface area contributed by atoms with E-state index in [1.54, 1.807) is 0 Å². The number of hydrogen-bond donors (Lipinski definition) is 0. The lowest BCUT2D eigenvalue weighted by molar-refractivity contribution is 0.835. The van der Waals surface area contributed by atoms with Crippen molar-refractivity contribution in [2.45, 2.75) is 6.54 Å². The minimum Gasteiger partial charge on any atom is -0.319 e. The molecule has 0 saturated carbocycles. The van der Waals surface area contributed by atoms with Gasteiger partial charge in [-0.1, -0.05) is 84.4 Å². The molecule has 0 aliphatic heterocycles. The molecule has 27 heavy (non-hydrogen) atoms. The second-order valence-electron chi connectivity index (χ2n) is 6.67. The smallest absolute Gasteiger partial charge is 0.142 e. The molecule has 5 rings (SSSR count). The van der Waals surface area contributed by atoms with Crippen LogP contribution < -0.4 is 0 Å². The maximum atomic E-state index is 6.23. The summed E-state index contributed by atoms with van der Waals surface area (Å²) >= 11 is 6.23. The van der Waals surface area contributed by atoms with Crippen LogP contribution in [0.1, 0.15) is 5.56 Å². The Bertz CT molecular complexity index is 1250. The van der Waals surface area contributed by atoms with E-state index >= 15 is 0 Å². The van der Waals surface area contributed by atoms with E-state index in [1.165, 1.54) is 16.3 Å². The summed E-state index contributed by atoms with van der Waals surface area (Å²) in [5.41, 5.74) is 4.39. The summed E-state index contributed by atoms with van der Waals surface area (Å²) in [6.45, 7) is 0.761.